The molecule has 0 atom stereocenters. The van der Waals surface area contributed by atoms with Gasteiger partial charge in [-0.2, -0.15) is 0 Å². The number of rotatable bonds is 11. The lowest BCUT2D eigenvalue weighted by Gasteiger charge is -2.14. The molecule has 1 aliphatic heterocycles. The standard InChI is InChI=1S/C30H30N2O4S2/c1-35-25-17-12-21(19-26(25)36-2)20-27-29(34)32(30(37)38-27)18-8-4-7-11-28(33)31-24-15-13-23(14-16-24)22-9-5-3-6-10-22/h3,5-6,9-10,12-17,19-20H,4,7-8,11,18H2,1-2H3,(H,31,33). The molecular weight excluding hydrogens is 516 g/mol. The van der Waals surface area contributed by atoms with Crippen LogP contribution in [0.2, 0.25) is 0 Å². The van der Waals surface area contributed by atoms with Crippen molar-refractivity contribution in [1.29, 1.82) is 0 Å². The van der Waals surface area contributed by atoms with Crippen molar-refractivity contribution in [1.82, 2.24) is 4.90 Å². The SMILES string of the molecule is COc1ccc(C=C2SC(=S)N(CCCCCC(=O)Nc3ccc(-c4ccccc4)cc3)C2=O)cc1OC. The van der Waals surface area contributed by atoms with Crippen LogP contribution in [-0.2, 0) is 9.59 Å². The van der Waals surface area contributed by atoms with E-state index in [4.69, 9.17) is 21.7 Å². The van der Waals surface area contributed by atoms with Gasteiger partial charge in [0.05, 0.1) is 19.1 Å². The molecule has 38 heavy (non-hydrogen) atoms. The molecule has 0 aliphatic carbocycles. The van der Waals surface area contributed by atoms with Crippen LogP contribution in [0.25, 0.3) is 17.2 Å². The Labute approximate surface area is 233 Å². The van der Waals surface area contributed by atoms with E-state index >= 15 is 0 Å². The summed E-state index contributed by atoms with van der Waals surface area (Å²) in [7, 11) is 3.16. The van der Waals surface area contributed by atoms with Crippen LogP contribution in [0.4, 0.5) is 5.69 Å². The number of carbonyl (C=O) groups is 2. The van der Waals surface area contributed by atoms with Crippen molar-refractivity contribution in [2.45, 2.75) is 25.7 Å². The van der Waals surface area contributed by atoms with E-state index in [0.717, 1.165) is 41.6 Å². The van der Waals surface area contributed by atoms with Gasteiger partial charge in [-0.05, 0) is 59.9 Å². The zero-order chi connectivity index (χ0) is 26.9. The first-order valence-corrected chi connectivity index (χ1v) is 13.6. The Morgan fingerprint density at radius 3 is 2.34 bits per heavy atom. The lowest BCUT2D eigenvalue weighted by atomic mass is 10.1. The Kier molecular flexibility index (Phi) is 9.56. The van der Waals surface area contributed by atoms with Gasteiger partial charge < -0.3 is 14.8 Å². The van der Waals surface area contributed by atoms with E-state index in [-0.39, 0.29) is 11.8 Å². The number of unbranched alkanes of at least 4 members (excludes halogenated alkanes) is 2. The van der Waals surface area contributed by atoms with Gasteiger partial charge in [0.1, 0.15) is 4.32 Å². The minimum Gasteiger partial charge on any atom is -0.493 e. The third kappa shape index (κ3) is 7.02. The molecule has 3 aromatic carbocycles. The second-order valence-corrected chi connectivity index (χ2v) is 10.4. The predicted molar refractivity (Wildman–Crippen MR) is 158 cm³/mol. The number of hydrogen-bond acceptors (Lipinski definition) is 6. The first kappa shape index (κ1) is 27.4. The number of ether oxygens (including phenoxy) is 2. The molecule has 0 bridgehead atoms. The van der Waals surface area contributed by atoms with Crippen LogP contribution in [0, 0.1) is 0 Å². The molecule has 4 rings (SSSR count). The summed E-state index contributed by atoms with van der Waals surface area (Å²) in [5.41, 5.74) is 3.87. The Morgan fingerprint density at radius 1 is 0.921 bits per heavy atom. The van der Waals surface area contributed by atoms with Gasteiger partial charge in [0, 0.05) is 18.7 Å². The average Bonchev–Trinajstić information content (AvgIpc) is 3.20. The van der Waals surface area contributed by atoms with Gasteiger partial charge in [-0.1, -0.05) is 78.9 Å². The topological polar surface area (TPSA) is 67.9 Å². The molecule has 0 unspecified atom stereocenters. The predicted octanol–water partition coefficient (Wildman–Crippen LogP) is 6.77. The van der Waals surface area contributed by atoms with Crippen molar-refractivity contribution >= 4 is 51.9 Å². The monoisotopic (exact) mass is 546 g/mol. The van der Waals surface area contributed by atoms with Crippen LogP contribution in [0.15, 0.2) is 77.7 Å². The van der Waals surface area contributed by atoms with Crippen molar-refractivity contribution in [3.05, 3.63) is 83.3 Å². The molecule has 0 radical (unpaired) electrons. The lowest BCUT2D eigenvalue weighted by Crippen LogP contribution is -2.29. The maximum atomic E-state index is 12.9. The average molecular weight is 547 g/mol. The fourth-order valence-electron chi connectivity index (χ4n) is 4.12. The highest BCUT2D eigenvalue weighted by Gasteiger charge is 2.31. The van der Waals surface area contributed by atoms with Gasteiger partial charge in [0.15, 0.2) is 11.5 Å². The zero-order valence-electron chi connectivity index (χ0n) is 21.4. The van der Waals surface area contributed by atoms with Gasteiger partial charge in [-0.25, -0.2) is 0 Å². The number of amides is 2. The molecule has 0 spiro atoms. The number of nitrogens with one attached hydrogen (secondary N) is 1. The number of carbonyl (C=O) groups excluding carboxylic acids is 2. The number of nitrogens with zero attached hydrogens (tertiary/aromatic N) is 1. The van der Waals surface area contributed by atoms with E-state index in [1.54, 1.807) is 25.2 Å². The Hall–Kier alpha value is -3.62. The van der Waals surface area contributed by atoms with E-state index in [1.165, 1.54) is 11.8 Å². The van der Waals surface area contributed by atoms with E-state index in [2.05, 4.69) is 17.4 Å². The highest BCUT2D eigenvalue weighted by Crippen LogP contribution is 2.35. The van der Waals surface area contributed by atoms with E-state index in [0.29, 0.717) is 33.7 Å². The fourth-order valence-corrected chi connectivity index (χ4v) is 5.43. The van der Waals surface area contributed by atoms with Crippen LogP contribution in [0.3, 0.4) is 0 Å². The van der Waals surface area contributed by atoms with Gasteiger partial charge in [0.2, 0.25) is 5.91 Å². The number of methoxy groups -OCH3 is 2. The summed E-state index contributed by atoms with van der Waals surface area (Å²) in [5.74, 6) is 1.13. The molecule has 0 saturated carbocycles. The number of anilines is 1. The first-order valence-electron chi connectivity index (χ1n) is 12.4. The summed E-state index contributed by atoms with van der Waals surface area (Å²) in [4.78, 5) is 27.5. The van der Waals surface area contributed by atoms with Gasteiger partial charge in [-0.3, -0.25) is 14.5 Å². The summed E-state index contributed by atoms with van der Waals surface area (Å²) in [5, 5.41) is 2.96. The number of thioether (sulfide) groups is 1. The highest BCUT2D eigenvalue weighted by atomic mass is 32.2. The summed E-state index contributed by atoms with van der Waals surface area (Å²) < 4.78 is 11.2. The second-order valence-electron chi connectivity index (χ2n) is 8.75. The normalized spacial score (nSPS) is 14.2. The van der Waals surface area contributed by atoms with Crippen molar-refractivity contribution < 1.29 is 19.1 Å². The molecule has 3 aromatic rings. The van der Waals surface area contributed by atoms with E-state index in [1.807, 2.05) is 60.7 Å². The van der Waals surface area contributed by atoms with Crippen LogP contribution in [-0.4, -0.2) is 41.8 Å². The maximum absolute atomic E-state index is 12.9. The molecule has 1 N–H and O–H groups in total. The Balaban J connectivity index is 1.20. The molecule has 0 aromatic heterocycles. The largest absolute Gasteiger partial charge is 0.493 e. The Bertz CT molecular complexity index is 1320. The molecule has 1 aliphatic rings. The summed E-state index contributed by atoms with van der Waals surface area (Å²) in [6.45, 7) is 0.538. The second kappa shape index (κ2) is 13.3. The minimum absolute atomic E-state index is 0.0130. The van der Waals surface area contributed by atoms with Crippen molar-refractivity contribution in [2.75, 3.05) is 26.1 Å². The maximum Gasteiger partial charge on any atom is 0.266 e. The van der Waals surface area contributed by atoms with Gasteiger partial charge in [-0.15, -0.1) is 0 Å². The lowest BCUT2D eigenvalue weighted by molar-refractivity contribution is -0.122. The third-order valence-corrected chi connectivity index (χ3v) is 7.52. The molecule has 196 valence electrons. The molecule has 1 saturated heterocycles. The Morgan fingerprint density at radius 2 is 1.63 bits per heavy atom. The summed E-state index contributed by atoms with van der Waals surface area (Å²) in [6, 6.07) is 23.5. The quantitative estimate of drug-likeness (QED) is 0.163. The molecule has 6 nitrogen and oxygen atoms in total. The number of thiocarbonyl (C=S) groups is 1. The van der Waals surface area contributed by atoms with Crippen LogP contribution in [0.1, 0.15) is 31.2 Å². The molecule has 2 amide bonds. The van der Waals surface area contributed by atoms with Crippen molar-refractivity contribution in [3.63, 3.8) is 0 Å². The zero-order valence-corrected chi connectivity index (χ0v) is 23.1. The minimum atomic E-state index is -0.0912. The van der Waals surface area contributed by atoms with Crippen LogP contribution in [0.5, 0.6) is 11.5 Å². The number of hydrogen-bond donors (Lipinski definition) is 1. The highest BCUT2D eigenvalue weighted by molar-refractivity contribution is 8.26. The third-order valence-electron chi connectivity index (χ3n) is 6.14. The first-order chi connectivity index (χ1) is 18.5. The van der Waals surface area contributed by atoms with Gasteiger partial charge in [0.25, 0.3) is 5.91 Å². The molecule has 1 fully saturated rings. The van der Waals surface area contributed by atoms with Crippen molar-refractivity contribution in [3.8, 4) is 22.6 Å². The van der Waals surface area contributed by atoms with E-state index in [9.17, 15) is 9.59 Å². The van der Waals surface area contributed by atoms with Crippen LogP contribution >= 0.6 is 24.0 Å². The summed E-state index contributed by atoms with van der Waals surface area (Å²) >= 11 is 6.75. The molecule has 8 heteroatoms. The van der Waals surface area contributed by atoms with E-state index < -0.39 is 0 Å². The smallest absolute Gasteiger partial charge is 0.266 e. The van der Waals surface area contributed by atoms with Crippen LogP contribution < -0.4 is 14.8 Å². The molecule has 1 heterocycles. The fraction of sp³-hybridized carbons (Fsp3) is 0.233. The van der Waals surface area contributed by atoms with Gasteiger partial charge >= 0.3 is 0 Å². The number of benzene rings is 3. The summed E-state index contributed by atoms with van der Waals surface area (Å²) in [6.07, 6.45) is 4.58. The molecular formula is C30H30N2O4S2. The van der Waals surface area contributed by atoms with Crippen molar-refractivity contribution in [2.24, 2.45) is 0 Å².